The smallest absolute Gasteiger partial charge is 0.226 e. The Morgan fingerprint density at radius 2 is 1.89 bits per heavy atom. The van der Waals surface area contributed by atoms with Crippen LogP contribution in [0.2, 0.25) is 0 Å². The molecule has 0 spiro atoms. The van der Waals surface area contributed by atoms with Gasteiger partial charge in [-0.25, -0.2) is 9.97 Å². The standard InChI is InChI=1S/C21H26N4O2/c1-27-16-10-8-14(9-11-16)17-13-23-21(22)24-19(17)18-7-4-12-25(18)20(26)15-5-2-3-6-15/h8-11,13,15,18H,2-7,12H2,1H3,(H2,22,23,24)/t18-/m1/s1. The van der Waals surface area contributed by atoms with Crippen LogP contribution in [0.4, 0.5) is 5.95 Å². The molecule has 2 aliphatic rings. The Kier molecular flexibility index (Phi) is 4.97. The molecule has 4 rings (SSSR count). The maximum Gasteiger partial charge on any atom is 0.226 e. The van der Waals surface area contributed by atoms with Crippen molar-refractivity contribution < 1.29 is 9.53 Å². The molecule has 1 aliphatic carbocycles. The maximum absolute atomic E-state index is 13.1. The molecule has 1 saturated heterocycles. The third-order valence-electron chi connectivity index (χ3n) is 5.79. The summed E-state index contributed by atoms with van der Waals surface area (Å²) < 4.78 is 5.26. The molecular formula is C21H26N4O2. The molecule has 1 atom stereocenters. The number of hydrogen-bond donors (Lipinski definition) is 1. The number of methoxy groups -OCH3 is 1. The number of carbonyl (C=O) groups excluding carboxylic acids is 1. The predicted octanol–water partition coefficient (Wildman–Crippen LogP) is 3.59. The maximum atomic E-state index is 13.1. The molecule has 27 heavy (non-hydrogen) atoms. The van der Waals surface area contributed by atoms with Gasteiger partial charge < -0.3 is 15.4 Å². The van der Waals surface area contributed by atoms with Crippen molar-refractivity contribution in [2.24, 2.45) is 5.92 Å². The van der Waals surface area contributed by atoms with Crippen molar-refractivity contribution in [3.63, 3.8) is 0 Å². The van der Waals surface area contributed by atoms with Crippen molar-refractivity contribution >= 4 is 11.9 Å². The summed E-state index contributed by atoms with van der Waals surface area (Å²) in [6.07, 6.45) is 8.03. The van der Waals surface area contributed by atoms with Crippen molar-refractivity contribution in [1.82, 2.24) is 14.9 Å². The third kappa shape index (κ3) is 3.48. The quantitative estimate of drug-likeness (QED) is 0.894. The van der Waals surface area contributed by atoms with Crippen LogP contribution in [-0.2, 0) is 4.79 Å². The van der Waals surface area contributed by atoms with Crippen LogP contribution >= 0.6 is 0 Å². The zero-order valence-corrected chi connectivity index (χ0v) is 15.7. The monoisotopic (exact) mass is 366 g/mol. The summed E-state index contributed by atoms with van der Waals surface area (Å²) in [5.74, 6) is 1.51. The van der Waals surface area contributed by atoms with E-state index >= 15 is 0 Å². The fourth-order valence-electron chi connectivity index (χ4n) is 4.38. The van der Waals surface area contributed by atoms with Crippen molar-refractivity contribution in [3.8, 4) is 16.9 Å². The number of nitrogens with zero attached hydrogens (tertiary/aromatic N) is 3. The average Bonchev–Trinajstić information content (AvgIpc) is 3.39. The first-order valence-corrected chi connectivity index (χ1v) is 9.74. The second-order valence-electron chi connectivity index (χ2n) is 7.43. The van der Waals surface area contributed by atoms with Crippen molar-refractivity contribution in [1.29, 1.82) is 0 Å². The SMILES string of the molecule is COc1ccc(-c2cnc(N)nc2[C@H]2CCCN2C(=O)C2CCCC2)cc1. The highest BCUT2D eigenvalue weighted by molar-refractivity contribution is 5.80. The molecule has 6 nitrogen and oxygen atoms in total. The minimum absolute atomic E-state index is 0.0273. The van der Waals surface area contributed by atoms with Crippen molar-refractivity contribution in [2.45, 2.75) is 44.6 Å². The lowest BCUT2D eigenvalue weighted by atomic mass is 9.98. The number of hydrogen-bond acceptors (Lipinski definition) is 5. The van der Waals surface area contributed by atoms with E-state index in [0.29, 0.717) is 0 Å². The van der Waals surface area contributed by atoms with Gasteiger partial charge in [-0.2, -0.15) is 0 Å². The van der Waals surface area contributed by atoms with E-state index in [1.165, 1.54) is 0 Å². The Labute approximate surface area is 159 Å². The molecule has 0 unspecified atom stereocenters. The molecule has 2 heterocycles. The Bertz CT molecular complexity index is 815. The molecule has 0 radical (unpaired) electrons. The molecule has 1 aliphatic heterocycles. The van der Waals surface area contributed by atoms with Crippen LogP contribution in [0.15, 0.2) is 30.5 Å². The van der Waals surface area contributed by atoms with E-state index in [0.717, 1.165) is 67.6 Å². The second-order valence-corrected chi connectivity index (χ2v) is 7.43. The highest BCUT2D eigenvalue weighted by Crippen LogP contribution is 2.39. The van der Waals surface area contributed by atoms with E-state index in [-0.39, 0.29) is 23.8 Å². The molecule has 1 aromatic carbocycles. The Morgan fingerprint density at radius 3 is 2.59 bits per heavy atom. The minimum Gasteiger partial charge on any atom is -0.497 e. The van der Waals surface area contributed by atoms with Gasteiger partial charge in [0.2, 0.25) is 11.9 Å². The van der Waals surface area contributed by atoms with E-state index < -0.39 is 0 Å². The fourth-order valence-corrected chi connectivity index (χ4v) is 4.38. The fraction of sp³-hybridized carbons (Fsp3) is 0.476. The Balaban J connectivity index is 1.69. The molecule has 6 heteroatoms. The lowest BCUT2D eigenvalue weighted by molar-refractivity contribution is -0.136. The molecule has 1 aromatic heterocycles. The van der Waals surface area contributed by atoms with Crippen LogP contribution in [0.5, 0.6) is 5.75 Å². The number of ether oxygens (including phenoxy) is 1. The summed E-state index contributed by atoms with van der Waals surface area (Å²) >= 11 is 0. The van der Waals surface area contributed by atoms with Gasteiger partial charge in [0.15, 0.2) is 0 Å². The van der Waals surface area contributed by atoms with Gasteiger partial charge in [-0.1, -0.05) is 25.0 Å². The molecule has 142 valence electrons. The van der Waals surface area contributed by atoms with Gasteiger partial charge in [-0.05, 0) is 43.4 Å². The number of aromatic nitrogens is 2. The number of rotatable bonds is 4. The van der Waals surface area contributed by atoms with Crippen molar-refractivity contribution in [2.75, 3.05) is 19.4 Å². The second kappa shape index (κ2) is 7.55. The Hall–Kier alpha value is -2.63. The largest absolute Gasteiger partial charge is 0.497 e. The number of likely N-dealkylation sites (tertiary alicyclic amines) is 1. The van der Waals surface area contributed by atoms with E-state index in [1.54, 1.807) is 13.3 Å². The molecular weight excluding hydrogens is 340 g/mol. The number of carbonyl (C=O) groups is 1. The number of benzene rings is 1. The molecule has 1 amide bonds. The average molecular weight is 366 g/mol. The summed E-state index contributed by atoms with van der Waals surface area (Å²) in [6.45, 7) is 0.798. The van der Waals surface area contributed by atoms with Crippen LogP contribution in [-0.4, -0.2) is 34.4 Å². The minimum atomic E-state index is -0.0273. The number of nitrogen functional groups attached to an aromatic ring is 1. The first-order chi connectivity index (χ1) is 13.2. The lowest BCUT2D eigenvalue weighted by Gasteiger charge is -2.28. The molecule has 0 bridgehead atoms. The van der Waals surface area contributed by atoms with Crippen LogP contribution in [0, 0.1) is 5.92 Å². The van der Waals surface area contributed by atoms with Gasteiger partial charge in [0.05, 0.1) is 18.8 Å². The van der Waals surface area contributed by atoms with Crippen LogP contribution < -0.4 is 10.5 Å². The van der Waals surface area contributed by atoms with Gasteiger partial charge in [0.1, 0.15) is 5.75 Å². The summed E-state index contributed by atoms with van der Waals surface area (Å²) in [4.78, 5) is 23.9. The summed E-state index contributed by atoms with van der Waals surface area (Å²) in [5, 5.41) is 0. The molecule has 1 saturated carbocycles. The molecule has 2 fully saturated rings. The molecule has 2 aromatic rings. The predicted molar refractivity (Wildman–Crippen MR) is 104 cm³/mol. The third-order valence-corrected chi connectivity index (χ3v) is 5.79. The van der Waals surface area contributed by atoms with Crippen LogP contribution in [0.3, 0.4) is 0 Å². The van der Waals surface area contributed by atoms with Gasteiger partial charge in [-0.15, -0.1) is 0 Å². The summed E-state index contributed by atoms with van der Waals surface area (Å²) in [6, 6.07) is 7.81. The van der Waals surface area contributed by atoms with Gasteiger partial charge >= 0.3 is 0 Å². The first-order valence-electron chi connectivity index (χ1n) is 9.74. The topological polar surface area (TPSA) is 81.3 Å². The van der Waals surface area contributed by atoms with E-state index in [4.69, 9.17) is 10.5 Å². The zero-order valence-electron chi connectivity index (χ0n) is 15.7. The normalized spacial score (nSPS) is 20.2. The lowest BCUT2D eigenvalue weighted by Crippen LogP contribution is -2.35. The number of amides is 1. The van der Waals surface area contributed by atoms with E-state index in [1.807, 2.05) is 29.2 Å². The van der Waals surface area contributed by atoms with Crippen LogP contribution in [0.1, 0.15) is 50.3 Å². The van der Waals surface area contributed by atoms with Gasteiger partial charge in [0.25, 0.3) is 0 Å². The zero-order chi connectivity index (χ0) is 18.8. The first kappa shape index (κ1) is 17.8. The highest BCUT2D eigenvalue weighted by Gasteiger charge is 2.37. The van der Waals surface area contributed by atoms with Gasteiger partial charge in [-0.3, -0.25) is 4.79 Å². The van der Waals surface area contributed by atoms with Gasteiger partial charge in [0, 0.05) is 24.2 Å². The number of nitrogens with two attached hydrogens (primary N) is 1. The van der Waals surface area contributed by atoms with Crippen molar-refractivity contribution in [3.05, 3.63) is 36.2 Å². The van der Waals surface area contributed by atoms with E-state index in [9.17, 15) is 4.79 Å². The summed E-state index contributed by atoms with van der Waals surface area (Å²) in [5.41, 5.74) is 8.71. The highest BCUT2D eigenvalue weighted by atomic mass is 16.5. The van der Waals surface area contributed by atoms with E-state index in [2.05, 4.69) is 9.97 Å². The summed E-state index contributed by atoms with van der Waals surface area (Å²) in [7, 11) is 1.65. The Morgan fingerprint density at radius 1 is 1.15 bits per heavy atom. The molecule has 2 N–H and O–H groups in total. The van der Waals surface area contributed by atoms with Crippen LogP contribution in [0.25, 0.3) is 11.1 Å². The number of anilines is 1.